The highest BCUT2D eigenvalue weighted by Crippen LogP contribution is 2.26. The maximum absolute atomic E-state index is 13.2. The summed E-state index contributed by atoms with van der Waals surface area (Å²) in [5.41, 5.74) is 4.99. The predicted octanol–water partition coefficient (Wildman–Crippen LogP) is 0.371. The Hall–Kier alpha value is -1.47. The molecule has 0 amide bonds. The Morgan fingerprint density at radius 1 is 1.35 bits per heavy atom. The van der Waals surface area contributed by atoms with Crippen LogP contribution in [0.15, 0.2) is 23.1 Å². The number of rotatable bonds is 2. The third-order valence-corrected chi connectivity index (χ3v) is 4.53. The maximum atomic E-state index is 13.2. The number of Topliss-reactive ketones (excluding diaryl/α,β-unsaturated/α-hetero) is 1. The van der Waals surface area contributed by atoms with E-state index in [-0.39, 0.29) is 30.2 Å². The number of hydrogen-bond acceptors (Lipinski definition) is 4. The molecule has 1 heterocycles. The van der Waals surface area contributed by atoms with Crippen LogP contribution in [0.25, 0.3) is 0 Å². The Kier molecular flexibility index (Phi) is 2.88. The molecule has 92 valence electrons. The highest BCUT2D eigenvalue weighted by Gasteiger charge is 2.33. The second-order valence-corrected chi connectivity index (χ2v) is 5.69. The lowest BCUT2D eigenvalue weighted by molar-refractivity contribution is -0.116. The summed E-state index contributed by atoms with van der Waals surface area (Å²) in [7, 11) is -3.88. The van der Waals surface area contributed by atoms with Gasteiger partial charge in [0, 0.05) is 13.0 Å². The average Bonchev–Trinajstić information content (AvgIpc) is 2.69. The third-order valence-electron chi connectivity index (χ3n) is 2.62. The van der Waals surface area contributed by atoms with Crippen LogP contribution in [0.5, 0.6) is 0 Å². The molecule has 0 aromatic heterocycles. The molecule has 1 aliphatic heterocycles. The Morgan fingerprint density at radius 3 is 2.65 bits per heavy atom. The largest absolute Gasteiger partial charge is 0.395 e. The molecule has 1 aromatic rings. The fraction of sp³-hybridized carbons (Fsp3) is 0.300. The zero-order valence-electron chi connectivity index (χ0n) is 8.89. The van der Waals surface area contributed by atoms with E-state index < -0.39 is 21.5 Å². The first-order chi connectivity index (χ1) is 7.93. The van der Waals surface area contributed by atoms with E-state index in [1.54, 1.807) is 0 Å². The number of anilines is 1. The van der Waals surface area contributed by atoms with Gasteiger partial charge in [0.2, 0.25) is 10.0 Å². The summed E-state index contributed by atoms with van der Waals surface area (Å²) in [6.07, 6.45) is 0.189. The van der Waals surface area contributed by atoms with Gasteiger partial charge in [-0.15, -0.1) is 0 Å². The molecule has 1 fully saturated rings. The third kappa shape index (κ3) is 2.03. The predicted molar refractivity (Wildman–Crippen MR) is 59.2 cm³/mol. The van der Waals surface area contributed by atoms with Crippen molar-refractivity contribution >= 4 is 21.5 Å². The molecule has 2 N–H and O–H groups in total. The molecule has 0 atom stereocenters. The standard InChI is InChI=1S/C10H11FN2O3S/c11-8-2-1-3-9(10(8)12)17(15,16)13-5-4-7(14)6-13/h1-3H,4-6,12H2. The van der Waals surface area contributed by atoms with Crippen molar-refractivity contribution in [1.82, 2.24) is 4.31 Å². The van der Waals surface area contributed by atoms with Gasteiger partial charge < -0.3 is 5.73 Å². The lowest BCUT2D eigenvalue weighted by Crippen LogP contribution is -2.29. The van der Waals surface area contributed by atoms with Gasteiger partial charge in [0.05, 0.1) is 12.2 Å². The van der Waals surface area contributed by atoms with Crippen LogP contribution >= 0.6 is 0 Å². The van der Waals surface area contributed by atoms with Crippen LogP contribution in [0.1, 0.15) is 6.42 Å². The second-order valence-electron chi connectivity index (χ2n) is 3.78. The van der Waals surface area contributed by atoms with Crippen molar-refractivity contribution in [3.8, 4) is 0 Å². The van der Waals surface area contributed by atoms with E-state index in [1.807, 2.05) is 0 Å². The number of ketones is 1. The van der Waals surface area contributed by atoms with E-state index in [4.69, 9.17) is 5.73 Å². The van der Waals surface area contributed by atoms with Gasteiger partial charge in [-0.05, 0) is 12.1 Å². The average molecular weight is 258 g/mol. The molecule has 0 bridgehead atoms. The van der Waals surface area contributed by atoms with Crippen molar-refractivity contribution in [1.29, 1.82) is 0 Å². The topological polar surface area (TPSA) is 80.5 Å². The molecule has 17 heavy (non-hydrogen) atoms. The van der Waals surface area contributed by atoms with Crippen molar-refractivity contribution in [2.24, 2.45) is 0 Å². The number of nitrogens with zero attached hydrogens (tertiary/aromatic N) is 1. The summed E-state index contributed by atoms with van der Waals surface area (Å²) < 4.78 is 38.4. The zero-order chi connectivity index (χ0) is 12.6. The minimum atomic E-state index is -3.88. The number of hydrogen-bond donors (Lipinski definition) is 1. The van der Waals surface area contributed by atoms with Crippen molar-refractivity contribution in [3.05, 3.63) is 24.0 Å². The Labute approximate surface area is 98.1 Å². The summed E-state index contributed by atoms with van der Waals surface area (Å²) >= 11 is 0. The van der Waals surface area contributed by atoms with Crippen LogP contribution < -0.4 is 5.73 Å². The van der Waals surface area contributed by atoms with Gasteiger partial charge in [-0.25, -0.2) is 12.8 Å². The van der Waals surface area contributed by atoms with Crippen LogP contribution in [-0.2, 0) is 14.8 Å². The van der Waals surface area contributed by atoms with Crippen molar-refractivity contribution in [3.63, 3.8) is 0 Å². The highest BCUT2D eigenvalue weighted by atomic mass is 32.2. The quantitative estimate of drug-likeness (QED) is 0.777. The molecule has 2 rings (SSSR count). The minimum Gasteiger partial charge on any atom is -0.395 e. The summed E-state index contributed by atoms with van der Waals surface area (Å²) in [5.74, 6) is -0.930. The maximum Gasteiger partial charge on any atom is 0.245 e. The van der Waals surface area contributed by atoms with Crippen LogP contribution in [0.2, 0.25) is 0 Å². The number of halogens is 1. The monoisotopic (exact) mass is 258 g/mol. The molecule has 1 aromatic carbocycles. The number of benzene rings is 1. The molecule has 0 saturated carbocycles. The van der Waals surface area contributed by atoms with E-state index in [2.05, 4.69) is 0 Å². The van der Waals surface area contributed by atoms with Crippen LogP contribution in [0.3, 0.4) is 0 Å². The molecule has 0 radical (unpaired) electrons. The molecule has 0 spiro atoms. The highest BCUT2D eigenvalue weighted by molar-refractivity contribution is 7.89. The summed E-state index contributed by atoms with van der Waals surface area (Å²) in [5, 5.41) is 0. The number of carbonyl (C=O) groups excluding carboxylic acids is 1. The van der Waals surface area contributed by atoms with Gasteiger partial charge in [0.25, 0.3) is 0 Å². The SMILES string of the molecule is Nc1c(F)cccc1S(=O)(=O)N1CCC(=O)C1. The lowest BCUT2D eigenvalue weighted by Gasteiger charge is -2.16. The summed E-state index contributed by atoms with van der Waals surface area (Å²) in [4.78, 5) is 10.8. The van der Waals surface area contributed by atoms with Gasteiger partial charge >= 0.3 is 0 Å². The van der Waals surface area contributed by atoms with Crippen molar-refractivity contribution < 1.29 is 17.6 Å². The number of sulfonamides is 1. The van der Waals surface area contributed by atoms with E-state index in [0.717, 1.165) is 10.4 Å². The van der Waals surface area contributed by atoms with Crippen LogP contribution in [0.4, 0.5) is 10.1 Å². The number of carbonyl (C=O) groups is 1. The summed E-state index contributed by atoms with van der Waals surface area (Å²) in [6.45, 7) is -0.0462. The van der Waals surface area contributed by atoms with Crippen LogP contribution in [0, 0.1) is 5.82 Å². The molecule has 0 aliphatic carbocycles. The van der Waals surface area contributed by atoms with Crippen LogP contribution in [-0.4, -0.2) is 31.6 Å². The van der Waals surface area contributed by atoms with Gasteiger partial charge in [0.1, 0.15) is 16.5 Å². The Morgan fingerprint density at radius 2 is 2.06 bits per heavy atom. The molecular weight excluding hydrogens is 247 g/mol. The molecular formula is C10H11FN2O3S. The van der Waals surface area contributed by atoms with Gasteiger partial charge in [-0.2, -0.15) is 4.31 Å². The zero-order valence-corrected chi connectivity index (χ0v) is 9.71. The van der Waals surface area contributed by atoms with E-state index in [9.17, 15) is 17.6 Å². The molecule has 7 heteroatoms. The number of para-hydroxylation sites is 1. The number of nitrogens with two attached hydrogens (primary N) is 1. The Balaban J connectivity index is 2.45. The second kappa shape index (κ2) is 4.08. The van der Waals surface area contributed by atoms with Crippen molar-refractivity contribution in [2.45, 2.75) is 11.3 Å². The molecule has 1 aliphatic rings. The fourth-order valence-electron chi connectivity index (χ4n) is 1.69. The lowest BCUT2D eigenvalue weighted by atomic mass is 10.3. The minimum absolute atomic E-state index is 0.122. The van der Waals surface area contributed by atoms with E-state index in [0.29, 0.717) is 0 Å². The molecule has 1 saturated heterocycles. The smallest absolute Gasteiger partial charge is 0.245 e. The van der Waals surface area contributed by atoms with E-state index >= 15 is 0 Å². The first kappa shape index (κ1) is 12.0. The van der Waals surface area contributed by atoms with E-state index in [1.165, 1.54) is 12.1 Å². The fourth-order valence-corrected chi connectivity index (χ4v) is 3.24. The van der Waals surface area contributed by atoms with Gasteiger partial charge in [0.15, 0.2) is 0 Å². The Bertz CT molecular complexity index is 571. The van der Waals surface area contributed by atoms with Gasteiger partial charge in [-0.1, -0.05) is 6.07 Å². The van der Waals surface area contributed by atoms with Gasteiger partial charge in [-0.3, -0.25) is 4.79 Å². The molecule has 5 nitrogen and oxygen atoms in total. The summed E-state index contributed by atoms with van der Waals surface area (Å²) in [6, 6.07) is 3.59. The molecule has 0 unspecified atom stereocenters. The number of nitrogen functional groups attached to an aromatic ring is 1. The first-order valence-corrected chi connectivity index (χ1v) is 6.43. The normalized spacial score (nSPS) is 17.6. The van der Waals surface area contributed by atoms with Crippen molar-refractivity contribution in [2.75, 3.05) is 18.8 Å². The first-order valence-electron chi connectivity index (χ1n) is 4.99.